The van der Waals surface area contributed by atoms with E-state index in [1.807, 2.05) is 11.8 Å². The molecule has 3 N–H and O–H groups in total. The lowest BCUT2D eigenvalue weighted by Gasteiger charge is -2.03. The highest BCUT2D eigenvalue weighted by Gasteiger charge is 1.99. The summed E-state index contributed by atoms with van der Waals surface area (Å²) in [7, 11) is 0. The lowest BCUT2D eigenvalue weighted by atomic mass is 10.2. The molecule has 5 heteroatoms. The maximum absolute atomic E-state index is 11.2. The normalized spacial score (nSPS) is 9.47. The standard InChI is InChI=1S/C10H22N2OS.ClH/c1-14-9-5-2-6-10(13)12-8-4-3-7-11;/h2-9,11H2,1H3,(H,12,13);1H. The van der Waals surface area contributed by atoms with E-state index in [1.165, 1.54) is 0 Å². The van der Waals surface area contributed by atoms with Crippen LogP contribution in [0.4, 0.5) is 0 Å². The molecule has 0 aromatic heterocycles. The van der Waals surface area contributed by atoms with Crippen molar-refractivity contribution in [2.45, 2.75) is 32.1 Å². The first kappa shape index (κ1) is 17.5. The molecule has 0 radical (unpaired) electrons. The van der Waals surface area contributed by atoms with Crippen LogP contribution in [0, 0.1) is 0 Å². The third-order valence-corrected chi connectivity index (χ3v) is 2.65. The molecule has 0 aliphatic rings. The number of nitrogens with two attached hydrogens (primary N) is 1. The molecular formula is C10H23ClN2OS. The van der Waals surface area contributed by atoms with Crippen LogP contribution in [0.3, 0.4) is 0 Å². The van der Waals surface area contributed by atoms with E-state index >= 15 is 0 Å². The van der Waals surface area contributed by atoms with Crippen LogP contribution >= 0.6 is 24.2 Å². The first-order valence-electron chi connectivity index (χ1n) is 5.27. The number of unbranched alkanes of at least 4 members (excludes halogenated alkanes) is 2. The fourth-order valence-electron chi connectivity index (χ4n) is 1.12. The number of carbonyl (C=O) groups excluding carboxylic acids is 1. The monoisotopic (exact) mass is 254 g/mol. The van der Waals surface area contributed by atoms with Gasteiger partial charge in [-0.1, -0.05) is 0 Å². The largest absolute Gasteiger partial charge is 0.356 e. The number of hydrogen-bond donors (Lipinski definition) is 2. The molecule has 0 spiro atoms. The lowest BCUT2D eigenvalue weighted by molar-refractivity contribution is -0.121. The molecule has 0 heterocycles. The third-order valence-electron chi connectivity index (χ3n) is 1.96. The van der Waals surface area contributed by atoms with Crippen molar-refractivity contribution < 1.29 is 4.79 Å². The Morgan fingerprint density at radius 2 is 2.00 bits per heavy atom. The number of hydrogen-bond acceptors (Lipinski definition) is 3. The zero-order chi connectivity index (χ0) is 10.6. The van der Waals surface area contributed by atoms with Crippen molar-refractivity contribution in [2.24, 2.45) is 5.73 Å². The van der Waals surface area contributed by atoms with Gasteiger partial charge in [-0.25, -0.2) is 0 Å². The van der Waals surface area contributed by atoms with E-state index < -0.39 is 0 Å². The van der Waals surface area contributed by atoms with Gasteiger partial charge in [-0.05, 0) is 44.2 Å². The van der Waals surface area contributed by atoms with Gasteiger partial charge in [0.05, 0.1) is 0 Å². The Morgan fingerprint density at radius 1 is 1.27 bits per heavy atom. The number of thioether (sulfide) groups is 1. The summed E-state index contributed by atoms with van der Waals surface area (Å²) in [5.74, 6) is 1.34. The van der Waals surface area contributed by atoms with E-state index in [0.717, 1.165) is 38.0 Å². The quantitative estimate of drug-likeness (QED) is 0.617. The highest BCUT2D eigenvalue weighted by Crippen LogP contribution is 2.01. The number of nitrogens with one attached hydrogen (secondary N) is 1. The molecule has 0 aromatic rings. The summed E-state index contributed by atoms with van der Waals surface area (Å²) in [5.41, 5.74) is 5.34. The molecule has 0 unspecified atom stereocenters. The fraction of sp³-hybridized carbons (Fsp3) is 0.900. The van der Waals surface area contributed by atoms with Crippen molar-refractivity contribution in [3.05, 3.63) is 0 Å². The van der Waals surface area contributed by atoms with Gasteiger partial charge in [0.2, 0.25) is 5.91 Å². The second kappa shape index (κ2) is 14.1. The maximum Gasteiger partial charge on any atom is 0.219 e. The lowest BCUT2D eigenvalue weighted by Crippen LogP contribution is -2.24. The highest BCUT2D eigenvalue weighted by atomic mass is 35.5. The molecule has 0 atom stereocenters. The molecule has 15 heavy (non-hydrogen) atoms. The molecule has 0 aliphatic carbocycles. The van der Waals surface area contributed by atoms with E-state index in [4.69, 9.17) is 5.73 Å². The molecule has 0 saturated carbocycles. The Kier molecular flexibility index (Phi) is 16.4. The highest BCUT2D eigenvalue weighted by molar-refractivity contribution is 7.98. The molecule has 1 amide bonds. The molecular weight excluding hydrogens is 232 g/mol. The summed E-state index contributed by atoms with van der Waals surface area (Å²) in [5, 5.41) is 2.89. The van der Waals surface area contributed by atoms with Gasteiger partial charge in [-0.15, -0.1) is 12.4 Å². The minimum absolute atomic E-state index is 0. The summed E-state index contributed by atoms with van der Waals surface area (Å²) >= 11 is 1.83. The van der Waals surface area contributed by atoms with Gasteiger partial charge in [0.1, 0.15) is 0 Å². The molecule has 0 rings (SSSR count). The number of rotatable bonds is 9. The van der Waals surface area contributed by atoms with E-state index in [1.54, 1.807) is 0 Å². The van der Waals surface area contributed by atoms with Crippen LogP contribution in [0.15, 0.2) is 0 Å². The van der Waals surface area contributed by atoms with Crippen LogP contribution in [0.2, 0.25) is 0 Å². The van der Waals surface area contributed by atoms with Gasteiger partial charge in [-0.3, -0.25) is 4.79 Å². The average Bonchev–Trinajstić information content (AvgIpc) is 2.19. The second-order valence-corrected chi connectivity index (χ2v) is 4.28. The van der Waals surface area contributed by atoms with Gasteiger partial charge in [-0.2, -0.15) is 11.8 Å². The SMILES string of the molecule is CSCCCCC(=O)NCCCCN.Cl. The van der Waals surface area contributed by atoms with Crippen LogP contribution < -0.4 is 11.1 Å². The smallest absolute Gasteiger partial charge is 0.219 e. The Labute approximate surface area is 103 Å². The molecule has 0 fully saturated rings. The van der Waals surface area contributed by atoms with Crippen molar-refractivity contribution in [2.75, 3.05) is 25.1 Å². The summed E-state index contributed by atoms with van der Waals surface area (Å²) < 4.78 is 0. The number of halogens is 1. The molecule has 0 saturated heterocycles. The van der Waals surface area contributed by atoms with Gasteiger partial charge < -0.3 is 11.1 Å². The van der Waals surface area contributed by atoms with Crippen molar-refractivity contribution in [1.82, 2.24) is 5.32 Å². The van der Waals surface area contributed by atoms with Gasteiger partial charge in [0.25, 0.3) is 0 Å². The van der Waals surface area contributed by atoms with Crippen LogP contribution in [0.5, 0.6) is 0 Å². The summed E-state index contributed by atoms with van der Waals surface area (Å²) in [6, 6.07) is 0. The topological polar surface area (TPSA) is 55.1 Å². The minimum atomic E-state index is 0. The minimum Gasteiger partial charge on any atom is -0.356 e. The van der Waals surface area contributed by atoms with E-state index in [2.05, 4.69) is 11.6 Å². The first-order chi connectivity index (χ1) is 6.81. The van der Waals surface area contributed by atoms with Crippen LogP contribution in [0.1, 0.15) is 32.1 Å². The summed E-state index contributed by atoms with van der Waals surface area (Å²) in [4.78, 5) is 11.2. The third kappa shape index (κ3) is 14.1. The van der Waals surface area contributed by atoms with Gasteiger partial charge >= 0.3 is 0 Å². The average molecular weight is 255 g/mol. The molecule has 92 valence electrons. The van der Waals surface area contributed by atoms with Crippen molar-refractivity contribution in [3.63, 3.8) is 0 Å². The Hall–Kier alpha value is 0.0700. The Morgan fingerprint density at radius 3 is 2.60 bits per heavy atom. The molecule has 0 bridgehead atoms. The zero-order valence-electron chi connectivity index (χ0n) is 9.46. The molecule has 3 nitrogen and oxygen atoms in total. The molecule has 0 aromatic carbocycles. The van der Waals surface area contributed by atoms with Crippen LogP contribution in [-0.2, 0) is 4.79 Å². The molecule has 0 aliphatic heterocycles. The van der Waals surface area contributed by atoms with Crippen molar-refractivity contribution >= 4 is 30.1 Å². The number of carbonyl (C=O) groups is 1. The number of amides is 1. The predicted molar refractivity (Wildman–Crippen MR) is 70.8 cm³/mol. The zero-order valence-corrected chi connectivity index (χ0v) is 11.1. The van der Waals surface area contributed by atoms with Gasteiger partial charge in [0, 0.05) is 13.0 Å². The Balaban J connectivity index is 0. The predicted octanol–water partition coefficient (Wildman–Crippen LogP) is 1.80. The van der Waals surface area contributed by atoms with Crippen molar-refractivity contribution in [3.8, 4) is 0 Å². The van der Waals surface area contributed by atoms with E-state index in [0.29, 0.717) is 13.0 Å². The summed E-state index contributed by atoms with van der Waals surface area (Å²) in [6.45, 7) is 1.49. The van der Waals surface area contributed by atoms with E-state index in [9.17, 15) is 4.79 Å². The second-order valence-electron chi connectivity index (χ2n) is 3.30. The Bertz CT molecular complexity index is 133. The first-order valence-corrected chi connectivity index (χ1v) is 6.66. The van der Waals surface area contributed by atoms with Crippen molar-refractivity contribution in [1.29, 1.82) is 0 Å². The summed E-state index contributed by atoms with van der Waals surface area (Å²) in [6.07, 6.45) is 6.89. The van der Waals surface area contributed by atoms with Crippen LogP contribution in [0.25, 0.3) is 0 Å². The van der Waals surface area contributed by atoms with Gasteiger partial charge in [0.15, 0.2) is 0 Å². The van der Waals surface area contributed by atoms with E-state index in [-0.39, 0.29) is 18.3 Å². The fourth-order valence-corrected chi connectivity index (χ4v) is 1.61. The maximum atomic E-state index is 11.2. The van der Waals surface area contributed by atoms with Crippen LogP contribution in [-0.4, -0.2) is 31.0 Å².